The van der Waals surface area contributed by atoms with Crippen molar-refractivity contribution in [2.45, 2.75) is 92.9 Å². The molecule has 0 bridgehead atoms. The Morgan fingerprint density at radius 2 is 1.63 bits per heavy atom. The minimum Gasteiger partial charge on any atom is -0.445 e. The van der Waals surface area contributed by atoms with Crippen LogP contribution in [0.25, 0.3) is 5.57 Å². The molecule has 0 radical (unpaired) electrons. The second-order valence-electron chi connectivity index (χ2n) is 13.2. The van der Waals surface area contributed by atoms with Crippen LogP contribution >= 0.6 is 0 Å². The average molecular weight is 591 g/mol. The van der Waals surface area contributed by atoms with Gasteiger partial charge in [-0.15, -0.1) is 0 Å². The van der Waals surface area contributed by atoms with Crippen molar-refractivity contribution in [1.82, 2.24) is 10.2 Å². The summed E-state index contributed by atoms with van der Waals surface area (Å²) in [5, 5.41) is 3.19. The van der Waals surface area contributed by atoms with Gasteiger partial charge in [-0.1, -0.05) is 83.2 Å². The number of hydrogen-bond acceptors (Lipinski definition) is 5. The standard InChI is InChI=1S/C36H50N2O5/c1-23(2)24(3)33(37-34(40)42-22-28-13-11-10-12-14-28)32-21-30(15-16-31(32)26(5)25(4)27(6)39)29-17-19-38(20-18-29)35(41)43-36(7,8)9/h10-17,21,23-26,33H,18-20,22H2,1-9H3,(H,37,40). The summed E-state index contributed by atoms with van der Waals surface area (Å²) in [4.78, 5) is 39.9. The Bertz CT molecular complexity index is 1290. The fourth-order valence-corrected chi connectivity index (χ4v) is 5.27. The van der Waals surface area contributed by atoms with Crippen LogP contribution in [0.1, 0.15) is 103 Å². The van der Waals surface area contributed by atoms with Crippen molar-refractivity contribution in [2.24, 2.45) is 17.8 Å². The third kappa shape index (κ3) is 9.44. The van der Waals surface area contributed by atoms with Gasteiger partial charge in [-0.2, -0.15) is 0 Å². The van der Waals surface area contributed by atoms with Gasteiger partial charge in [-0.05, 0) is 85.8 Å². The molecule has 1 N–H and O–H groups in total. The number of hydrogen-bond donors (Lipinski definition) is 1. The van der Waals surface area contributed by atoms with Gasteiger partial charge < -0.3 is 19.7 Å². The molecule has 0 fully saturated rings. The molecular formula is C36H50N2O5. The lowest BCUT2D eigenvalue weighted by Gasteiger charge is -2.33. The smallest absolute Gasteiger partial charge is 0.410 e. The van der Waals surface area contributed by atoms with Crippen molar-refractivity contribution in [3.8, 4) is 0 Å². The number of ether oxygens (including phenoxy) is 2. The molecule has 0 aromatic heterocycles. The van der Waals surface area contributed by atoms with Crippen LogP contribution in [0.15, 0.2) is 54.6 Å². The number of carbonyl (C=O) groups excluding carboxylic acids is 3. The molecule has 2 aromatic rings. The number of nitrogens with one attached hydrogen (secondary N) is 1. The number of Topliss-reactive ketones (excluding diaryl/α,β-unsaturated/α-hetero) is 1. The lowest BCUT2D eigenvalue weighted by molar-refractivity contribution is -0.120. The number of carbonyl (C=O) groups is 3. The van der Waals surface area contributed by atoms with Crippen molar-refractivity contribution in [1.29, 1.82) is 0 Å². The van der Waals surface area contributed by atoms with Crippen molar-refractivity contribution < 1.29 is 23.9 Å². The van der Waals surface area contributed by atoms with Crippen LogP contribution in [0, 0.1) is 17.8 Å². The SMILES string of the molecule is CC(=O)C(C)C(C)c1ccc(C2=CCN(C(=O)OC(C)(C)C)CC2)cc1C(NC(=O)OCc1ccccc1)C(C)C(C)C. The van der Waals surface area contributed by atoms with Crippen LogP contribution < -0.4 is 5.32 Å². The molecule has 234 valence electrons. The molecule has 4 unspecified atom stereocenters. The molecule has 43 heavy (non-hydrogen) atoms. The zero-order chi connectivity index (χ0) is 31.9. The third-order valence-corrected chi connectivity index (χ3v) is 8.60. The van der Waals surface area contributed by atoms with E-state index in [2.05, 4.69) is 57.3 Å². The molecule has 2 aromatic carbocycles. The first-order valence-corrected chi connectivity index (χ1v) is 15.5. The van der Waals surface area contributed by atoms with Crippen LogP contribution in [0.5, 0.6) is 0 Å². The number of ketones is 1. The predicted octanol–water partition coefficient (Wildman–Crippen LogP) is 8.30. The van der Waals surface area contributed by atoms with E-state index in [0.717, 1.165) is 27.8 Å². The summed E-state index contributed by atoms with van der Waals surface area (Å²) in [6, 6.07) is 15.7. The van der Waals surface area contributed by atoms with Crippen LogP contribution in [0.4, 0.5) is 9.59 Å². The monoisotopic (exact) mass is 590 g/mol. The van der Waals surface area contributed by atoms with E-state index in [0.29, 0.717) is 19.5 Å². The second kappa shape index (κ2) is 14.7. The molecule has 2 amide bonds. The summed E-state index contributed by atoms with van der Waals surface area (Å²) in [6.45, 7) is 18.9. The summed E-state index contributed by atoms with van der Waals surface area (Å²) in [7, 11) is 0. The molecule has 7 nitrogen and oxygen atoms in total. The van der Waals surface area contributed by atoms with Gasteiger partial charge in [0.05, 0.1) is 6.04 Å². The second-order valence-corrected chi connectivity index (χ2v) is 13.2. The van der Waals surface area contributed by atoms with Crippen LogP contribution in [-0.2, 0) is 20.9 Å². The molecule has 1 aliphatic rings. The van der Waals surface area contributed by atoms with Gasteiger partial charge in [0, 0.05) is 19.0 Å². The maximum atomic E-state index is 13.2. The number of amides is 2. The summed E-state index contributed by atoms with van der Waals surface area (Å²) in [5.41, 5.74) is 4.60. The maximum absolute atomic E-state index is 13.2. The molecule has 1 heterocycles. The molecule has 1 aliphatic heterocycles. The number of rotatable bonds is 10. The lowest BCUT2D eigenvalue weighted by atomic mass is 9.77. The third-order valence-electron chi connectivity index (χ3n) is 8.60. The first kappa shape index (κ1) is 33.9. The molecule has 7 heteroatoms. The van der Waals surface area contributed by atoms with E-state index in [1.54, 1.807) is 11.8 Å². The predicted molar refractivity (Wildman–Crippen MR) is 172 cm³/mol. The van der Waals surface area contributed by atoms with E-state index in [1.807, 2.05) is 58.0 Å². The van der Waals surface area contributed by atoms with Gasteiger partial charge in [0.25, 0.3) is 0 Å². The largest absolute Gasteiger partial charge is 0.445 e. The fraction of sp³-hybridized carbons (Fsp3) is 0.528. The topological polar surface area (TPSA) is 84.9 Å². The molecule has 3 rings (SSSR count). The molecule has 0 spiro atoms. The van der Waals surface area contributed by atoms with E-state index in [1.165, 1.54) is 0 Å². The van der Waals surface area contributed by atoms with Gasteiger partial charge in [0.15, 0.2) is 0 Å². The number of alkyl carbamates (subject to hydrolysis) is 1. The van der Waals surface area contributed by atoms with Gasteiger partial charge in [0.1, 0.15) is 18.0 Å². The summed E-state index contributed by atoms with van der Waals surface area (Å²) in [6.07, 6.45) is 1.98. The molecule has 0 saturated carbocycles. The van der Waals surface area contributed by atoms with Gasteiger partial charge in [-0.3, -0.25) is 4.79 Å². The highest BCUT2D eigenvalue weighted by molar-refractivity contribution is 5.79. The molecule has 0 aliphatic carbocycles. The lowest BCUT2D eigenvalue weighted by Crippen LogP contribution is -2.39. The van der Waals surface area contributed by atoms with Gasteiger partial charge in [0.2, 0.25) is 0 Å². The van der Waals surface area contributed by atoms with Gasteiger partial charge >= 0.3 is 12.2 Å². The Kier molecular flexibility index (Phi) is 11.6. The Hall–Kier alpha value is -3.61. The zero-order valence-corrected chi connectivity index (χ0v) is 27.4. The highest BCUT2D eigenvalue weighted by atomic mass is 16.6. The Balaban J connectivity index is 1.97. The van der Waals surface area contributed by atoms with E-state index in [9.17, 15) is 14.4 Å². The Morgan fingerprint density at radius 3 is 2.19 bits per heavy atom. The number of nitrogens with zero attached hydrogens (tertiary/aromatic N) is 1. The summed E-state index contributed by atoms with van der Waals surface area (Å²) < 4.78 is 11.2. The van der Waals surface area contributed by atoms with Crippen molar-refractivity contribution in [2.75, 3.05) is 13.1 Å². The van der Waals surface area contributed by atoms with E-state index >= 15 is 0 Å². The molecular weight excluding hydrogens is 540 g/mol. The fourth-order valence-electron chi connectivity index (χ4n) is 5.27. The highest BCUT2D eigenvalue weighted by Gasteiger charge is 2.31. The van der Waals surface area contributed by atoms with E-state index in [-0.39, 0.29) is 48.2 Å². The van der Waals surface area contributed by atoms with Crippen molar-refractivity contribution in [3.05, 3.63) is 76.9 Å². The molecule has 0 saturated heterocycles. The van der Waals surface area contributed by atoms with Crippen LogP contribution in [0.2, 0.25) is 0 Å². The van der Waals surface area contributed by atoms with Gasteiger partial charge in [-0.25, -0.2) is 9.59 Å². The maximum Gasteiger partial charge on any atom is 0.410 e. The Morgan fingerprint density at radius 1 is 0.953 bits per heavy atom. The quantitative estimate of drug-likeness (QED) is 0.301. The van der Waals surface area contributed by atoms with E-state index in [4.69, 9.17) is 9.47 Å². The first-order chi connectivity index (χ1) is 20.2. The molecule has 4 atom stereocenters. The minimum absolute atomic E-state index is 0.0476. The Labute approximate surface area is 258 Å². The van der Waals surface area contributed by atoms with Crippen LogP contribution in [0.3, 0.4) is 0 Å². The summed E-state index contributed by atoms with van der Waals surface area (Å²) in [5.74, 6) is 0.256. The first-order valence-electron chi connectivity index (χ1n) is 15.5. The summed E-state index contributed by atoms with van der Waals surface area (Å²) >= 11 is 0. The normalized spacial score (nSPS) is 16.5. The number of benzene rings is 2. The van der Waals surface area contributed by atoms with Crippen molar-refractivity contribution in [3.63, 3.8) is 0 Å². The average Bonchev–Trinajstić information content (AvgIpc) is 2.97. The van der Waals surface area contributed by atoms with Crippen LogP contribution in [-0.4, -0.2) is 41.6 Å². The minimum atomic E-state index is -0.545. The zero-order valence-electron chi connectivity index (χ0n) is 27.4. The van der Waals surface area contributed by atoms with Crippen molar-refractivity contribution >= 4 is 23.5 Å². The highest BCUT2D eigenvalue weighted by Crippen LogP contribution is 2.38. The van der Waals surface area contributed by atoms with E-state index < -0.39 is 11.7 Å².